The van der Waals surface area contributed by atoms with Crippen molar-refractivity contribution in [3.8, 4) is 11.5 Å². The van der Waals surface area contributed by atoms with E-state index < -0.39 is 0 Å². The van der Waals surface area contributed by atoms with Gasteiger partial charge >= 0.3 is 0 Å². The molecule has 3 rings (SSSR count). The Labute approximate surface area is 215 Å². The fourth-order valence-electron chi connectivity index (χ4n) is 4.33. The predicted octanol–water partition coefficient (Wildman–Crippen LogP) is 6.62. The van der Waals surface area contributed by atoms with Crippen molar-refractivity contribution in [3.05, 3.63) is 95.8 Å². The minimum Gasteiger partial charge on any atom is -0.497 e. The second-order valence-corrected chi connectivity index (χ2v) is 8.92. The van der Waals surface area contributed by atoms with E-state index in [4.69, 9.17) is 9.47 Å². The van der Waals surface area contributed by atoms with Crippen LogP contribution in [0.2, 0.25) is 0 Å². The fourth-order valence-corrected chi connectivity index (χ4v) is 4.33. The van der Waals surface area contributed by atoms with Crippen molar-refractivity contribution in [3.63, 3.8) is 0 Å². The van der Waals surface area contributed by atoms with Crippen LogP contribution in [0.4, 0.5) is 0 Å². The van der Waals surface area contributed by atoms with Crippen LogP contribution in [-0.4, -0.2) is 31.2 Å². The van der Waals surface area contributed by atoms with Gasteiger partial charge in [-0.3, -0.25) is 9.78 Å². The lowest BCUT2D eigenvalue weighted by Gasteiger charge is -2.18. The molecule has 0 aliphatic rings. The van der Waals surface area contributed by atoms with Gasteiger partial charge in [-0.1, -0.05) is 49.8 Å². The van der Waals surface area contributed by atoms with Gasteiger partial charge < -0.3 is 14.8 Å². The van der Waals surface area contributed by atoms with Crippen molar-refractivity contribution < 1.29 is 14.3 Å². The summed E-state index contributed by atoms with van der Waals surface area (Å²) in [5, 5.41) is 3.27. The molecule has 190 valence electrons. The lowest BCUT2D eigenvalue weighted by Crippen LogP contribution is -2.34. The summed E-state index contributed by atoms with van der Waals surface area (Å²) in [4.78, 5) is 17.0. The van der Waals surface area contributed by atoms with E-state index in [1.807, 2.05) is 36.5 Å². The van der Waals surface area contributed by atoms with Gasteiger partial charge in [-0.15, -0.1) is 0 Å². The first kappa shape index (κ1) is 27.0. The molecule has 0 spiro atoms. The normalized spacial score (nSPS) is 11.4. The molecule has 36 heavy (non-hydrogen) atoms. The van der Waals surface area contributed by atoms with Gasteiger partial charge in [-0.05, 0) is 84.7 Å². The maximum absolute atomic E-state index is 12.8. The van der Waals surface area contributed by atoms with E-state index >= 15 is 0 Å². The third-order valence-corrected chi connectivity index (χ3v) is 6.26. The number of aryl methyl sites for hydroxylation is 1. The van der Waals surface area contributed by atoms with Gasteiger partial charge in [0.2, 0.25) is 5.91 Å². The second kappa shape index (κ2) is 14.7. The van der Waals surface area contributed by atoms with E-state index in [1.165, 1.54) is 5.56 Å². The maximum Gasteiger partial charge on any atom is 0.220 e. The summed E-state index contributed by atoms with van der Waals surface area (Å²) in [5.41, 5.74) is 4.50. The van der Waals surface area contributed by atoms with Gasteiger partial charge in [0, 0.05) is 24.9 Å². The topological polar surface area (TPSA) is 60.5 Å². The Bertz CT molecular complexity index is 1030. The van der Waals surface area contributed by atoms with Crippen LogP contribution in [0.3, 0.4) is 0 Å². The number of rotatable bonds is 14. The number of carbonyl (C=O) groups is 1. The predicted molar refractivity (Wildman–Crippen MR) is 146 cm³/mol. The van der Waals surface area contributed by atoms with Gasteiger partial charge in [-0.2, -0.15) is 0 Å². The molecular weight excluding hydrogens is 448 g/mol. The van der Waals surface area contributed by atoms with E-state index in [-0.39, 0.29) is 11.9 Å². The minimum absolute atomic E-state index is 0.106. The van der Waals surface area contributed by atoms with E-state index in [0.717, 1.165) is 60.3 Å². The lowest BCUT2D eigenvalue weighted by atomic mass is 9.96. The highest BCUT2D eigenvalue weighted by Gasteiger charge is 2.12. The molecule has 2 aromatic carbocycles. The molecule has 0 radical (unpaired) electrons. The van der Waals surface area contributed by atoms with Crippen molar-refractivity contribution in [2.75, 3.05) is 14.2 Å². The first-order valence-corrected chi connectivity index (χ1v) is 12.8. The minimum atomic E-state index is 0.106. The number of pyridine rings is 1. The molecule has 0 unspecified atom stereocenters. The Hall–Kier alpha value is -3.60. The number of amides is 1. The van der Waals surface area contributed by atoms with Gasteiger partial charge in [0.15, 0.2) is 0 Å². The highest BCUT2D eigenvalue weighted by Crippen LogP contribution is 2.27. The first-order valence-electron chi connectivity index (χ1n) is 12.8. The van der Waals surface area contributed by atoms with Crippen LogP contribution in [0.15, 0.2) is 79.1 Å². The number of nitrogens with zero attached hydrogens (tertiary/aromatic N) is 1. The summed E-state index contributed by atoms with van der Waals surface area (Å²) in [6.45, 7) is 2.17. The van der Waals surface area contributed by atoms with Gasteiger partial charge in [-0.25, -0.2) is 0 Å². The molecule has 1 aromatic heterocycles. The van der Waals surface area contributed by atoms with Gasteiger partial charge in [0.05, 0.1) is 14.2 Å². The molecule has 0 saturated heterocycles. The van der Waals surface area contributed by atoms with Gasteiger partial charge in [0.25, 0.3) is 0 Å². The summed E-state index contributed by atoms with van der Waals surface area (Å²) in [6.07, 6.45) is 12.0. The number of aromatic nitrogens is 1. The number of hydrogen-bond donors (Lipinski definition) is 1. The number of allylic oxidation sites excluding steroid dienone is 1. The van der Waals surface area contributed by atoms with Crippen molar-refractivity contribution >= 4 is 11.5 Å². The molecule has 1 amide bonds. The second-order valence-electron chi connectivity index (χ2n) is 8.92. The van der Waals surface area contributed by atoms with Crippen LogP contribution in [0, 0.1) is 0 Å². The van der Waals surface area contributed by atoms with Crippen molar-refractivity contribution in [2.24, 2.45) is 0 Å². The first-order chi connectivity index (χ1) is 17.6. The molecule has 0 bridgehead atoms. The number of ether oxygens (including phenoxy) is 2. The number of methoxy groups -OCH3 is 2. The summed E-state index contributed by atoms with van der Waals surface area (Å²) in [5.74, 6) is 1.74. The third kappa shape index (κ3) is 8.56. The highest BCUT2D eigenvalue weighted by atomic mass is 16.5. The lowest BCUT2D eigenvalue weighted by molar-refractivity contribution is -0.121. The molecule has 1 heterocycles. The molecule has 5 nitrogen and oxygen atoms in total. The zero-order valence-electron chi connectivity index (χ0n) is 21.7. The summed E-state index contributed by atoms with van der Waals surface area (Å²) in [7, 11) is 3.33. The number of hydrogen-bond acceptors (Lipinski definition) is 4. The molecule has 0 saturated carbocycles. The largest absolute Gasteiger partial charge is 0.497 e. The van der Waals surface area contributed by atoms with Crippen molar-refractivity contribution in [2.45, 2.75) is 57.9 Å². The van der Waals surface area contributed by atoms with Crippen LogP contribution >= 0.6 is 0 Å². The van der Waals surface area contributed by atoms with Crippen LogP contribution < -0.4 is 14.8 Å². The third-order valence-electron chi connectivity index (χ3n) is 6.26. The van der Waals surface area contributed by atoms with E-state index in [9.17, 15) is 4.79 Å². The Morgan fingerprint density at radius 2 is 1.58 bits per heavy atom. The van der Waals surface area contributed by atoms with Crippen LogP contribution in [0.1, 0.15) is 62.1 Å². The average Bonchev–Trinajstić information content (AvgIpc) is 2.92. The van der Waals surface area contributed by atoms with E-state index in [2.05, 4.69) is 53.6 Å². The Kier molecular flexibility index (Phi) is 11.0. The Morgan fingerprint density at radius 1 is 0.944 bits per heavy atom. The smallest absolute Gasteiger partial charge is 0.220 e. The molecule has 3 aromatic rings. The van der Waals surface area contributed by atoms with E-state index in [0.29, 0.717) is 12.8 Å². The molecule has 0 aliphatic carbocycles. The van der Waals surface area contributed by atoms with Crippen LogP contribution in [-0.2, 0) is 11.2 Å². The number of benzene rings is 2. The molecule has 0 aliphatic heterocycles. The van der Waals surface area contributed by atoms with Gasteiger partial charge in [0.1, 0.15) is 11.5 Å². The molecule has 5 heteroatoms. The zero-order chi connectivity index (χ0) is 25.6. The summed E-state index contributed by atoms with van der Waals surface area (Å²) < 4.78 is 10.6. The van der Waals surface area contributed by atoms with Crippen molar-refractivity contribution in [1.29, 1.82) is 0 Å². The average molecular weight is 487 g/mol. The highest BCUT2D eigenvalue weighted by molar-refractivity contribution is 5.81. The number of nitrogens with one attached hydrogen (secondary N) is 1. The zero-order valence-corrected chi connectivity index (χ0v) is 21.7. The summed E-state index contributed by atoms with van der Waals surface area (Å²) in [6, 6.07) is 20.3. The fraction of sp³-hybridized carbons (Fsp3) is 0.355. The van der Waals surface area contributed by atoms with Crippen LogP contribution in [0.25, 0.3) is 5.57 Å². The molecule has 1 N–H and O–H groups in total. The van der Waals surface area contributed by atoms with Crippen LogP contribution in [0.5, 0.6) is 11.5 Å². The maximum atomic E-state index is 12.8. The molecule has 0 fully saturated rings. The monoisotopic (exact) mass is 486 g/mol. The molecular formula is C31H38N2O3. The molecule has 1 atom stereocenters. The van der Waals surface area contributed by atoms with Crippen molar-refractivity contribution in [1.82, 2.24) is 10.3 Å². The summed E-state index contributed by atoms with van der Waals surface area (Å²) >= 11 is 0. The van der Waals surface area contributed by atoms with E-state index in [1.54, 1.807) is 20.4 Å². The number of carbonyl (C=O) groups excluding carboxylic acids is 1. The quantitative estimate of drug-likeness (QED) is 0.278. The SMILES string of the molecule is CCC[C@H](CCCc1cccnc1)NC(=O)CCC=C(c1ccc(OC)cc1)c1ccc(OC)cc1. The standard InChI is InChI=1S/C31H38N2O3/c1-4-8-27(11-5-9-24-10-7-22-32-23-24)33-31(34)13-6-12-30(25-14-18-28(35-2)19-15-25)26-16-20-29(36-3)21-17-26/h7,10,12,14-23,27H,4-6,8-9,11,13H2,1-3H3,(H,33,34)/t27-/m1/s1. The Balaban J connectivity index is 1.61. The Morgan fingerprint density at radius 3 is 2.11 bits per heavy atom.